The van der Waals surface area contributed by atoms with Gasteiger partial charge in [-0.05, 0) is 43.0 Å². The lowest BCUT2D eigenvalue weighted by molar-refractivity contribution is -0.123. The van der Waals surface area contributed by atoms with Gasteiger partial charge in [0, 0.05) is 6.54 Å². The van der Waals surface area contributed by atoms with Crippen LogP contribution in [0.2, 0.25) is 0 Å². The highest BCUT2D eigenvalue weighted by atomic mass is 19.1. The van der Waals surface area contributed by atoms with Gasteiger partial charge in [-0.2, -0.15) is 0 Å². The van der Waals surface area contributed by atoms with Gasteiger partial charge in [0.05, 0.1) is 12.7 Å². The van der Waals surface area contributed by atoms with Gasteiger partial charge < -0.3 is 15.4 Å². The average Bonchev–Trinajstić information content (AvgIpc) is 2.66. The second-order valence-electron chi connectivity index (χ2n) is 7.03. The molecule has 0 aliphatic heterocycles. The van der Waals surface area contributed by atoms with Crippen LogP contribution in [0, 0.1) is 18.7 Å². The predicted molar refractivity (Wildman–Crippen MR) is 107 cm³/mol. The van der Waals surface area contributed by atoms with Crippen LogP contribution in [0.1, 0.15) is 35.3 Å². The Morgan fingerprint density at radius 3 is 2.50 bits per heavy atom. The van der Waals surface area contributed by atoms with E-state index in [-0.39, 0.29) is 17.4 Å². The van der Waals surface area contributed by atoms with E-state index in [2.05, 4.69) is 10.6 Å². The maximum atomic E-state index is 13.8. The molecule has 0 fully saturated rings. The molecule has 0 bridgehead atoms. The molecule has 1 atom stereocenters. The number of carbonyl (C=O) groups is 2. The van der Waals surface area contributed by atoms with Crippen LogP contribution in [-0.4, -0.2) is 31.5 Å². The van der Waals surface area contributed by atoms with Crippen LogP contribution in [0.25, 0.3) is 0 Å². The molecule has 1 unspecified atom stereocenters. The van der Waals surface area contributed by atoms with Crippen LogP contribution in [0.15, 0.2) is 42.5 Å². The number of hydrogen-bond acceptors (Lipinski definition) is 3. The Labute approximate surface area is 165 Å². The summed E-state index contributed by atoms with van der Waals surface area (Å²) in [6, 6.07) is 10.8. The van der Waals surface area contributed by atoms with Crippen LogP contribution in [-0.2, 0) is 11.2 Å². The molecule has 5 nitrogen and oxygen atoms in total. The summed E-state index contributed by atoms with van der Waals surface area (Å²) in [5.74, 6) is -0.898. The van der Waals surface area contributed by atoms with E-state index in [0.717, 1.165) is 16.9 Å². The molecule has 6 heteroatoms. The minimum Gasteiger partial charge on any atom is -0.496 e. The topological polar surface area (TPSA) is 67.4 Å². The van der Waals surface area contributed by atoms with Crippen molar-refractivity contribution < 1.29 is 18.7 Å². The molecule has 0 aliphatic rings. The number of rotatable bonds is 8. The molecule has 2 N–H and O–H groups in total. The van der Waals surface area contributed by atoms with Crippen LogP contribution < -0.4 is 15.4 Å². The Morgan fingerprint density at radius 2 is 1.86 bits per heavy atom. The van der Waals surface area contributed by atoms with Crippen molar-refractivity contribution in [1.29, 1.82) is 0 Å². The molecule has 28 heavy (non-hydrogen) atoms. The van der Waals surface area contributed by atoms with Crippen molar-refractivity contribution in [2.24, 2.45) is 5.92 Å². The van der Waals surface area contributed by atoms with Crippen molar-refractivity contribution in [3.05, 3.63) is 65.0 Å². The zero-order chi connectivity index (χ0) is 20.7. The first-order chi connectivity index (χ1) is 13.3. The molecule has 0 radical (unpaired) electrons. The van der Waals surface area contributed by atoms with Crippen molar-refractivity contribution in [3.8, 4) is 5.75 Å². The van der Waals surface area contributed by atoms with E-state index in [0.29, 0.717) is 13.0 Å². The highest BCUT2D eigenvalue weighted by Crippen LogP contribution is 2.19. The Kier molecular flexibility index (Phi) is 7.55. The lowest BCUT2D eigenvalue weighted by atomic mass is 10.0. The lowest BCUT2D eigenvalue weighted by Crippen LogP contribution is -2.50. The zero-order valence-corrected chi connectivity index (χ0v) is 16.7. The van der Waals surface area contributed by atoms with Gasteiger partial charge in [0.1, 0.15) is 17.6 Å². The standard InChI is InChI=1S/C22H27FN2O3/c1-14(2)20(25-21(26)17-7-5-6-8-18(17)23)22(27)24-12-11-16-13-15(3)9-10-19(16)28-4/h5-10,13-14,20H,11-12H2,1-4H3,(H,24,27)(H,25,26). The van der Waals surface area contributed by atoms with E-state index in [9.17, 15) is 14.0 Å². The fourth-order valence-electron chi connectivity index (χ4n) is 2.93. The fourth-order valence-corrected chi connectivity index (χ4v) is 2.93. The minimum atomic E-state index is -0.758. The number of hydrogen-bond donors (Lipinski definition) is 2. The van der Waals surface area contributed by atoms with Crippen molar-refractivity contribution >= 4 is 11.8 Å². The Morgan fingerprint density at radius 1 is 1.14 bits per heavy atom. The largest absolute Gasteiger partial charge is 0.496 e. The monoisotopic (exact) mass is 386 g/mol. The van der Waals surface area contributed by atoms with Gasteiger partial charge in [0.2, 0.25) is 5.91 Å². The summed E-state index contributed by atoms with van der Waals surface area (Å²) in [6.45, 7) is 6.05. The minimum absolute atomic E-state index is 0.0783. The van der Waals surface area contributed by atoms with Gasteiger partial charge >= 0.3 is 0 Å². The van der Waals surface area contributed by atoms with Gasteiger partial charge in [-0.1, -0.05) is 43.7 Å². The van der Waals surface area contributed by atoms with Crippen molar-refractivity contribution in [2.45, 2.75) is 33.2 Å². The molecule has 150 valence electrons. The van der Waals surface area contributed by atoms with Crippen LogP contribution in [0.4, 0.5) is 4.39 Å². The van der Waals surface area contributed by atoms with Gasteiger partial charge in [-0.15, -0.1) is 0 Å². The molecule has 2 amide bonds. The van der Waals surface area contributed by atoms with E-state index >= 15 is 0 Å². The van der Waals surface area contributed by atoms with E-state index in [1.54, 1.807) is 13.2 Å². The molecular formula is C22H27FN2O3. The first-order valence-electron chi connectivity index (χ1n) is 9.30. The predicted octanol–water partition coefficient (Wildman–Crippen LogP) is 3.26. The number of ether oxygens (including phenoxy) is 1. The van der Waals surface area contributed by atoms with Gasteiger partial charge in [0.25, 0.3) is 5.91 Å². The molecule has 0 spiro atoms. The quantitative estimate of drug-likeness (QED) is 0.732. The Bertz CT molecular complexity index is 836. The second-order valence-corrected chi connectivity index (χ2v) is 7.03. The third kappa shape index (κ3) is 5.55. The number of benzene rings is 2. The number of amides is 2. The normalized spacial score (nSPS) is 11.8. The summed E-state index contributed by atoms with van der Waals surface area (Å²) in [7, 11) is 1.61. The molecule has 0 saturated carbocycles. The molecule has 0 heterocycles. The van der Waals surface area contributed by atoms with Crippen molar-refractivity contribution in [1.82, 2.24) is 10.6 Å². The van der Waals surface area contributed by atoms with Gasteiger partial charge in [-0.25, -0.2) is 4.39 Å². The van der Waals surface area contributed by atoms with E-state index in [1.165, 1.54) is 18.2 Å². The Balaban J connectivity index is 1.99. The zero-order valence-electron chi connectivity index (χ0n) is 16.7. The summed E-state index contributed by atoms with van der Waals surface area (Å²) in [6.07, 6.45) is 0.600. The summed E-state index contributed by atoms with van der Waals surface area (Å²) in [5.41, 5.74) is 2.03. The number of nitrogens with one attached hydrogen (secondary N) is 2. The Hall–Kier alpha value is -2.89. The molecule has 0 saturated heterocycles. The maximum Gasteiger partial charge on any atom is 0.254 e. The molecule has 2 rings (SSSR count). The first kappa shape index (κ1) is 21.4. The summed E-state index contributed by atoms with van der Waals surface area (Å²) in [5, 5.41) is 5.49. The molecule has 2 aromatic rings. The van der Waals surface area contributed by atoms with E-state index in [1.807, 2.05) is 39.0 Å². The highest BCUT2D eigenvalue weighted by Gasteiger charge is 2.25. The molecular weight excluding hydrogens is 359 g/mol. The third-order valence-corrected chi connectivity index (χ3v) is 4.48. The van der Waals surface area contributed by atoms with Gasteiger partial charge in [0.15, 0.2) is 0 Å². The number of methoxy groups -OCH3 is 1. The molecule has 2 aromatic carbocycles. The van der Waals surface area contributed by atoms with Gasteiger partial charge in [-0.3, -0.25) is 9.59 Å². The summed E-state index contributed by atoms with van der Waals surface area (Å²) >= 11 is 0. The average molecular weight is 386 g/mol. The second kappa shape index (κ2) is 9.88. The van der Waals surface area contributed by atoms with Crippen LogP contribution >= 0.6 is 0 Å². The number of halogens is 1. The van der Waals surface area contributed by atoms with E-state index in [4.69, 9.17) is 4.74 Å². The van der Waals surface area contributed by atoms with E-state index < -0.39 is 17.8 Å². The molecule has 0 aromatic heterocycles. The highest BCUT2D eigenvalue weighted by molar-refractivity contribution is 5.97. The fraction of sp³-hybridized carbons (Fsp3) is 0.364. The smallest absolute Gasteiger partial charge is 0.254 e. The van der Waals surface area contributed by atoms with Crippen molar-refractivity contribution in [3.63, 3.8) is 0 Å². The summed E-state index contributed by atoms with van der Waals surface area (Å²) < 4.78 is 19.2. The molecule has 0 aliphatic carbocycles. The lowest BCUT2D eigenvalue weighted by Gasteiger charge is -2.22. The summed E-state index contributed by atoms with van der Waals surface area (Å²) in [4.78, 5) is 25.0. The maximum absolute atomic E-state index is 13.8. The number of carbonyl (C=O) groups excluding carboxylic acids is 2. The SMILES string of the molecule is COc1ccc(C)cc1CCNC(=O)C(NC(=O)c1ccccc1F)C(C)C. The number of aryl methyl sites for hydroxylation is 1. The van der Waals surface area contributed by atoms with Crippen LogP contribution in [0.3, 0.4) is 0 Å². The van der Waals surface area contributed by atoms with Crippen molar-refractivity contribution in [2.75, 3.05) is 13.7 Å². The third-order valence-electron chi connectivity index (χ3n) is 4.48. The first-order valence-corrected chi connectivity index (χ1v) is 9.30. The van der Waals surface area contributed by atoms with Crippen LogP contribution in [0.5, 0.6) is 5.75 Å².